The van der Waals surface area contributed by atoms with Crippen LogP contribution in [0.5, 0.6) is 0 Å². The van der Waals surface area contributed by atoms with Gasteiger partial charge in [-0.15, -0.1) is 0 Å². The highest BCUT2D eigenvalue weighted by Crippen LogP contribution is 2.04. The molecule has 0 saturated heterocycles. The lowest BCUT2D eigenvalue weighted by Crippen LogP contribution is -2.38. The van der Waals surface area contributed by atoms with Crippen molar-refractivity contribution in [1.29, 1.82) is 0 Å². The summed E-state index contributed by atoms with van der Waals surface area (Å²) < 4.78 is 1.73. The van der Waals surface area contributed by atoms with Gasteiger partial charge in [0, 0.05) is 38.4 Å². The second-order valence-electron chi connectivity index (χ2n) is 4.10. The lowest BCUT2D eigenvalue weighted by Gasteiger charge is -2.16. The average molecular weight is 254 g/mol. The molecule has 18 heavy (non-hydrogen) atoms. The molecule has 1 heterocycles. The van der Waals surface area contributed by atoms with Gasteiger partial charge in [-0.05, 0) is 6.92 Å². The zero-order chi connectivity index (χ0) is 13.7. The van der Waals surface area contributed by atoms with Crippen molar-refractivity contribution in [3.8, 4) is 0 Å². The summed E-state index contributed by atoms with van der Waals surface area (Å²) in [4.78, 5) is 23.4. The maximum Gasteiger partial charge on any atom is 0.317 e. The number of hydrogen-bond acceptors (Lipinski definition) is 3. The van der Waals surface area contributed by atoms with Crippen LogP contribution in [0.4, 0.5) is 4.79 Å². The largest absolute Gasteiger partial charge is 0.481 e. The number of carbonyl (C=O) groups is 2. The van der Waals surface area contributed by atoms with Crippen molar-refractivity contribution in [2.24, 2.45) is 7.05 Å². The van der Waals surface area contributed by atoms with Crippen molar-refractivity contribution in [1.82, 2.24) is 20.0 Å². The number of aromatic nitrogens is 2. The van der Waals surface area contributed by atoms with E-state index >= 15 is 0 Å². The molecule has 7 heteroatoms. The summed E-state index contributed by atoms with van der Waals surface area (Å²) >= 11 is 0. The number of urea groups is 1. The first-order valence-electron chi connectivity index (χ1n) is 5.60. The number of aliphatic carboxylic acids is 1. The van der Waals surface area contributed by atoms with Gasteiger partial charge >= 0.3 is 12.0 Å². The van der Waals surface area contributed by atoms with E-state index in [4.69, 9.17) is 5.11 Å². The van der Waals surface area contributed by atoms with Crippen LogP contribution in [0.2, 0.25) is 0 Å². The van der Waals surface area contributed by atoms with Gasteiger partial charge in [-0.3, -0.25) is 9.48 Å². The monoisotopic (exact) mass is 254 g/mol. The van der Waals surface area contributed by atoms with Crippen molar-refractivity contribution in [3.63, 3.8) is 0 Å². The third-order valence-corrected chi connectivity index (χ3v) is 2.77. The van der Waals surface area contributed by atoms with Gasteiger partial charge in [0.05, 0.1) is 12.6 Å². The Bertz CT molecular complexity index is 441. The molecule has 0 spiro atoms. The Morgan fingerprint density at radius 1 is 1.56 bits per heavy atom. The first kappa shape index (κ1) is 14.0. The van der Waals surface area contributed by atoms with Gasteiger partial charge in [-0.25, -0.2) is 4.79 Å². The van der Waals surface area contributed by atoms with Crippen LogP contribution in [0.15, 0.2) is 6.20 Å². The highest BCUT2D eigenvalue weighted by Gasteiger charge is 2.11. The first-order valence-corrected chi connectivity index (χ1v) is 5.60. The van der Waals surface area contributed by atoms with Gasteiger partial charge in [0.1, 0.15) is 0 Å². The summed E-state index contributed by atoms with van der Waals surface area (Å²) in [5, 5.41) is 15.3. The fourth-order valence-corrected chi connectivity index (χ4v) is 1.39. The van der Waals surface area contributed by atoms with Crippen LogP contribution >= 0.6 is 0 Å². The molecule has 2 amide bonds. The summed E-state index contributed by atoms with van der Waals surface area (Å²) in [6.45, 7) is 2.49. The van der Waals surface area contributed by atoms with E-state index in [1.165, 1.54) is 4.90 Å². The molecule has 0 fully saturated rings. The Labute approximate surface area is 105 Å². The molecule has 1 rings (SSSR count). The number of rotatable bonds is 5. The molecule has 1 aromatic rings. The number of aryl methyl sites for hydroxylation is 1. The maximum atomic E-state index is 11.6. The summed E-state index contributed by atoms with van der Waals surface area (Å²) in [6.07, 6.45) is 1.64. The zero-order valence-corrected chi connectivity index (χ0v) is 10.8. The first-order chi connectivity index (χ1) is 8.41. The molecular weight excluding hydrogens is 236 g/mol. The number of carboxylic acids is 1. The van der Waals surface area contributed by atoms with Crippen molar-refractivity contribution >= 4 is 12.0 Å². The summed E-state index contributed by atoms with van der Waals surface area (Å²) in [7, 11) is 3.40. The standard InChI is InChI=1S/C11H18N4O3/c1-8-9(7-13-15(8)3)6-12-11(18)14(2)5-4-10(16)17/h7H,4-6H2,1-3H3,(H,12,18)(H,16,17). The maximum absolute atomic E-state index is 11.6. The van der Waals surface area contributed by atoms with Gasteiger partial charge in [0.15, 0.2) is 0 Å². The fourth-order valence-electron chi connectivity index (χ4n) is 1.39. The predicted molar refractivity (Wildman–Crippen MR) is 65.1 cm³/mol. The molecule has 100 valence electrons. The number of amides is 2. The van der Waals surface area contributed by atoms with E-state index in [2.05, 4.69) is 10.4 Å². The van der Waals surface area contributed by atoms with Crippen LogP contribution in [-0.2, 0) is 18.4 Å². The second-order valence-corrected chi connectivity index (χ2v) is 4.10. The van der Waals surface area contributed by atoms with E-state index < -0.39 is 5.97 Å². The topological polar surface area (TPSA) is 87.5 Å². The molecule has 0 unspecified atom stereocenters. The molecule has 7 nitrogen and oxygen atoms in total. The van der Waals surface area contributed by atoms with Crippen LogP contribution in [-0.4, -0.2) is 45.4 Å². The minimum absolute atomic E-state index is 0.0597. The molecule has 1 aromatic heterocycles. The smallest absolute Gasteiger partial charge is 0.317 e. The van der Waals surface area contributed by atoms with Crippen LogP contribution in [0, 0.1) is 6.92 Å². The molecular formula is C11H18N4O3. The molecule has 0 aliphatic rings. The molecule has 0 radical (unpaired) electrons. The Balaban J connectivity index is 2.41. The molecule has 2 N–H and O–H groups in total. The Morgan fingerprint density at radius 3 is 2.72 bits per heavy atom. The zero-order valence-electron chi connectivity index (χ0n) is 10.8. The average Bonchev–Trinajstić information content (AvgIpc) is 2.64. The SMILES string of the molecule is Cc1c(CNC(=O)N(C)CCC(=O)O)cnn1C. The minimum Gasteiger partial charge on any atom is -0.481 e. The van der Waals surface area contributed by atoms with E-state index in [0.717, 1.165) is 11.3 Å². The Kier molecular flexibility index (Phi) is 4.70. The number of nitrogens with one attached hydrogen (secondary N) is 1. The number of carboxylic acid groups (broad SMARTS) is 1. The van der Waals surface area contributed by atoms with E-state index in [-0.39, 0.29) is 19.0 Å². The molecule has 0 aliphatic carbocycles. The minimum atomic E-state index is -0.919. The Hall–Kier alpha value is -2.05. The predicted octanol–water partition coefficient (Wildman–Crippen LogP) is 0.345. The van der Waals surface area contributed by atoms with Gasteiger partial charge in [0.2, 0.25) is 0 Å². The highest BCUT2D eigenvalue weighted by atomic mass is 16.4. The highest BCUT2D eigenvalue weighted by molar-refractivity contribution is 5.75. The number of carbonyl (C=O) groups excluding carboxylic acids is 1. The molecule has 0 atom stereocenters. The normalized spacial score (nSPS) is 10.2. The van der Waals surface area contributed by atoms with Crippen LogP contribution < -0.4 is 5.32 Å². The summed E-state index contributed by atoms with van der Waals surface area (Å²) in [6, 6.07) is -0.292. The Morgan fingerprint density at radius 2 is 2.22 bits per heavy atom. The van der Waals surface area contributed by atoms with Gasteiger partial charge in [-0.2, -0.15) is 5.10 Å². The van der Waals surface area contributed by atoms with Crippen molar-refractivity contribution in [2.45, 2.75) is 19.9 Å². The van der Waals surface area contributed by atoms with Crippen molar-refractivity contribution in [2.75, 3.05) is 13.6 Å². The number of hydrogen-bond donors (Lipinski definition) is 2. The summed E-state index contributed by atoms with van der Waals surface area (Å²) in [5.74, 6) is -0.919. The lowest BCUT2D eigenvalue weighted by atomic mass is 10.2. The lowest BCUT2D eigenvalue weighted by molar-refractivity contribution is -0.137. The molecule has 0 saturated carbocycles. The van der Waals surface area contributed by atoms with Crippen LogP contribution in [0.25, 0.3) is 0 Å². The van der Waals surface area contributed by atoms with Crippen molar-refractivity contribution in [3.05, 3.63) is 17.5 Å². The second kappa shape index (κ2) is 6.04. The molecule has 0 aliphatic heterocycles. The summed E-state index contributed by atoms with van der Waals surface area (Å²) in [5.41, 5.74) is 1.93. The van der Waals surface area contributed by atoms with Gasteiger partial charge in [0.25, 0.3) is 0 Å². The van der Waals surface area contributed by atoms with E-state index in [1.54, 1.807) is 17.9 Å². The van der Waals surface area contributed by atoms with E-state index in [9.17, 15) is 9.59 Å². The van der Waals surface area contributed by atoms with E-state index in [0.29, 0.717) is 6.54 Å². The van der Waals surface area contributed by atoms with Gasteiger partial charge < -0.3 is 15.3 Å². The van der Waals surface area contributed by atoms with Crippen molar-refractivity contribution < 1.29 is 14.7 Å². The third kappa shape index (κ3) is 3.76. The van der Waals surface area contributed by atoms with E-state index in [1.807, 2.05) is 14.0 Å². The molecule has 0 aromatic carbocycles. The third-order valence-electron chi connectivity index (χ3n) is 2.77. The van der Waals surface area contributed by atoms with Crippen LogP contribution in [0.1, 0.15) is 17.7 Å². The number of nitrogens with zero attached hydrogens (tertiary/aromatic N) is 3. The van der Waals surface area contributed by atoms with Crippen LogP contribution in [0.3, 0.4) is 0 Å². The quantitative estimate of drug-likeness (QED) is 0.793. The molecule has 0 bridgehead atoms. The van der Waals surface area contributed by atoms with Gasteiger partial charge in [-0.1, -0.05) is 0 Å². The fraction of sp³-hybridized carbons (Fsp3) is 0.545.